The molecule has 0 spiro atoms. The molecule has 0 aromatic rings. The Hall–Kier alpha value is 0.730. The molecule has 0 rings (SSSR count). The molecule has 0 atom stereocenters. The van der Waals surface area contributed by atoms with E-state index in [4.69, 9.17) is 22.5 Å². The molecule has 0 saturated heterocycles. The Kier molecular flexibility index (Phi) is 3.32. The van der Waals surface area contributed by atoms with E-state index in [-0.39, 0.29) is 0 Å². The lowest BCUT2D eigenvalue weighted by Gasteiger charge is -2.12. The van der Waals surface area contributed by atoms with Crippen LogP contribution in [-0.2, 0) is 9.40 Å². The fourth-order valence-corrected chi connectivity index (χ4v) is 0.655. The zero-order valence-corrected chi connectivity index (χ0v) is 6.87. The Morgan fingerprint density at radius 3 is 2.00 bits per heavy atom. The van der Waals surface area contributed by atoms with Crippen LogP contribution in [0.5, 0.6) is 0 Å². The molecule has 0 fully saturated rings. The smallest absolute Gasteiger partial charge is 0.294 e. The number of hydroxylamine groups is 1. The first kappa shape index (κ1) is 8.73. The van der Waals surface area contributed by atoms with Crippen molar-refractivity contribution in [2.24, 2.45) is 0 Å². The van der Waals surface area contributed by atoms with Gasteiger partial charge in [0.2, 0.25) is 0 Å². The predicted octanol–water partition coefficient (Wildman–Crippen LogP) is 2.07. The first-order valence-electron chi connectivity index (χ1n) is 1.76. The van der Waals surface area contributed by atoms with Crippen LogP contribution in [0.2, 0.25) is 0 Å². The molecule has 0 aliphatic heterocycles. The van der Waals surface area contributed by atoms with Gasteiger partial charge in [0.1, 0.15) is 0 Å². The average molecular weight is 178 g/mol. The summed E-state index contributed by atoms with van der Waals surface area (Å²) in [7, 11) is 2.72. The topological polar surface area (TPSA) is 29.5 Å². The molecule has 0 radical (unpaired) electrons. The molecule has 0 aromatic heterocycles. The number of hydrogen-bond donors (Lipinski definition) is 0. The first-order chi connectivity index (χ1) is 3.48. The second-order valence-electron chi connectivity index (χ2n) is 1.08. The van der Waals surface area contributed by atoms with Gasteiger partial charge in [-0.15, -0.1) is 4.83 Å². The lowest BCUT2D eigenvalue weighted by molar-refractivity contribution is -0.0240. The zero-order valence-electron chi connectivity index (χ0n) is 4.47. The van der Waals surface area contributed by atoms with Gasteiger partial charge in [0, 0.05) is 7.05 Å². The molecule has 3 nitrogen and oxygen atoms in total. The third-order valence-corrected chi connectivity index (χ3v) is 2.69. The van der Waals surface area contributed by atoms with Crippen molar-refractivity contribution in [2.75, 3.05) is 14.2 Å². The van der Waals surface area contributed by atoms with E-state index in [1.807, 2.05) is 0 Å². The zero-order chi connectivity index (χ0) is 6.78. The third-order valence-electron chi connectivity index (χ3n) is 0.592. The van der Waals surface area contributed by atoms with Gasteiger partial charge in [0.25, 0.3) is 0 Å². The van der Waals surface area contributed by atoms with Crippen LogP contribution in [0.15, 0.2) is 0 Å². The van der Waals surface area contributed by atoms with Gasteiger partial charge in [-0.1, -0.05) is 0 Å². The molecule has 0 amide bonds. The van der Waals surface area contributed by atoms with Crippen LogP contribution in [0.25, 0.3) is 0 Å². The highest BCUT2D eigenvalue weighted by molar-refractivity contribution is 8.06. The fourth-order valence-electron chi connectivity index (χ4n) is 0.0951. The van der Waals surface area contributed by atoms with Crippen molar-refractivity contribution >= 4 is 28.5 Å². The fraction of sp³-hybridized carbons (Fsp3) is 1.00. The van der Waals surface area contributed by atoms with E-state index >= 15 is 0 Å². The molecular weight excluding hydrogens is 172 g/mol. The van der Waals surface area contributed by atoms with Crippen LogP contribution in [0.4, 0.5) is 0 Å². The summed E-state index contributed by atoms with van der Waals surface area (Å²) in [4.78, 5) is 5.32. The molecule has 0 N–H and O–H groups in total. The summed E-state index contributed by atoms with van der Waals surface area (Å²) >= 11 is 10.2. The highest BCUT2D eigenvalue weighted by atomic mass is 35.9. The molecular formula is C2H6Cl2NO2P. The van der Waals surface area contributed by atoms with Crippen LogP contribution < -0.4 is 0 Å². The van der Waals surface area contributed by atoms with E-state index in [0.29, 0.717) is 0 Å². The summed E-state index contributed by atoms with van der Waals surface area (Å²) < 4.78 is 10.5. The molecule has 6 heteroatoms. The maximum Gasteiger partial charge on any atom is 0.344 e. The molecule has 0 unspecified atom stereocenters. The molecule has 0 aliphatic carbocycles. The quantitative estimate of drug-likeness (QED) is 0.478. The van der Waals surface area contributed by atoms with Crippen molar-refractivity contribution in [3.63, 3.8) is 0 Å². The summed E-state index contributed by atoms with van der Waals surface area (Å²) in [5.74, 6) is -3.20. The van der Waals surface area contributed by atoms with Crippen molar-refractivity contribution in [1.29, 1.82) is 0 Å². The Morgan fingerprint density at radius 1 is 1.62 bits per heavy atom. The van der Waals surface area contributed by atoms with E-state index in [1.54, 1.807) is 0 Å². The second kappa shape index (κ2) is 3.04. The van der Waals surface area contributed by atoms with Crippen molar-refractivity contribution in [1.82, 2.24) is 4.83 Å². The highest BCUT2D eigenvalue weighted by Crippen LogP contribution is 2.58. The van der Waals surface area contributed by atoms with Gasteiger partial charge in [0.15, 0.2) is 0 Å². The minimum absolute atomic E-state index is 0.899. The summed E-state index contributed by atoms with van der Waals surface area (Å²) in [5.41, 5.74) is 0. The monoisotopic (exact) mass is 177 g/mol. The van der Waals surface area contributed by atoms with E-state index < -0.39 is 6.00 Å². The van der Waals surface area contributed by atoms with Gasteiger partial charge in [-0.2, -0.15) is 0 Å². The lowest BCUT2D eigenvalue weighted by atomic mass is 11.5. The molecule has 0 heterocycles. The van der Waals surface area contributed by atoms with Crippen LogP contribution in [0.1, 0.15) is 0 Å². The molecule has 0 bridgehead atoms. The minimum Gasteiger partial charge on any atom is -0.294 e. The van der Waals surface area contributed by atoms with Crippen LogP contribution in [0, 0.1) is 0 Å². The van der Waals surface area contributed by atoms with Gasteiger partial charge in [-0.25, -0.2) is 0 Å². The van der Waals surface area contributed by atoms with Crippen molar-refractivity contribution < 1.29 is 9.40 Å². The Balaban J connectivity index is 3.82. The maximum atomic E-state index is 10.5. The van der Waals surface area contributed by atoms with E-state index in [0.717, 1.165) is 4.83 Å². The molecule has 0 aromatic carbocycles. The summed E-state index contributed by atoms with van der Waals surface area (Å²) in [6, 6.07) is 0. The van der Waals surface area contributed by atoms with Gasteiger partial charge in [-0.3, -0.25) is 9.40 Å². The van der Waals surface area contributed by atoms with Gasteiger partial charge >= 0.3 is 6.00 Å². The Bertz CT molecular complexity index is 113. The normalized spacial score (nSPS) is 12.6. The van der Waals surface area contributed by atoms with Crippen molar-refractivity contribution in [2.45, 2.75) is 0 Å². The summed E-state index contributed by atoms with van der Waals surface area (Å²) in [6.45, 7) is 0. The van der Waals surface area contributed by atoms with Crippen LogP contribution >= 0.6 is 28.5 Å². The molecule has 50 valence electrons. The van der Waals surface area contributed by atoms with Gasteiger partial charge in [0.05, 0.1) is 7.11 Å². The Morgan fingerprint density at radius 2 is 2.00 bits per heavy atom. The molecule has 0 aliphatic rings. The SMILES string of the molecule is CON(C)P(=O)(Cl)Cl. The van der Waals surface area contributed by atoms with Gasteiger partial charge in [-0.05, 0) is 22.5 Å². The largest absolute Gasteiger partial charge is 0.344 e. The van der Waals surface area contributed by atoms with Crippen LogP contribution in [0.3, 0.4) is 0 Å². The summed E-state index contributed by atoms with van der Waals surface area (Å²) in [5, 5.41) is 0. The van der Waals surface area contributed by atoms with Gasteiger partial charge < -0.3 is 0 Å². The third kappa shape index (κ3) is 2.90. The maximum absolute atomic E-state index is 10.5. The van der Waals surface area contributed by atoms with Crippen molar-refractivity contribution in [3.8, 4) is 0 Å². The lowest BCUT2D eigenvalue weighted by Crippen LogP contribution is -2.06. The minimum atomic E-state index is -3.20. The second-order valence-corrected chi connectivity index (χ2v) is 5.78. The first-order valence-corrected chi connectivity index (χ1v) is 5.23. The summed E-state index contributed by atoms with van der Waals surface area (Å²) in [6.07, 6.45) is 0. The van der Waals surface area contributed by atoms with E-state index in [9.17, 15) is 4.57 Å². The molecule has 8 heavy (non-hydrogen) atoms. The van der Waals surface area contributed by atoms with E-state index in [1.165, 1.54) is 14.2 Å². The highest BCUT2D eigenvalue weighted by Gasteiger charge is 2.20. The average Bonchev–Trinajstić information content (AvgIpc) is 1.62. The number of hydrogen-bond acceptors (Lipinski definition) is 2. The predicted molar refractivity (Wildman–Crippen MR) is 34.1 cm³/mol. The van der Waals surface area contributed by atoms with E-state index in [2.05, 4.69) is 4.84 Å². The standard InChI is InChI=1S/C2H6Cl2NO2P/c1-5(7-2)8(3,4)6/h1-2H3. The van der Waals surface area contributed by atoms with Crippen LogP contribution in [-0.4, -0.2) is 19.0 Å². The molecule has 0 saturated carbocycles. The Labute approximate surface area is 57.5 Å². The number of nitrogens with zero attached hydrogens (tertiary/aromatic N) is 1. The number of rotatable bonds is 2. The number of halogens is 2. The van der Waals surface area contributed by atoms with Crippen molar-refractivity contribution in [3.05, 3.63) is 0 Å².